The van der Waals surface area contributed by atoms with E-state index < -0.39 is 5.60 Å². The second kappa shape index (κ2) is 6.79. The number of carbonyl (C=O) groups excluding carboxylic acids is 1. The van der Waals surface area contributed by atoms with E-state index in [4.69, 9.17) is 9.84 Å². The average Bonchev–Trinajstić information content (AvgIpc) is 3.05. The lowest BCUT2D eigenvalue weighted by Gasteiger charge is -2.26. The van der Waals surface area contributed by atoms with Gasteiger partial charge in [-0.3, -0.25) is 0 Å². The van der Waals surface area contributed by atoms with Gasteiger partial charge in [0.1, 0.15) is 5.60 Å². The maximum Gasteiger partial charge on any atom is 0.410 e. The van der Waals surface area contributed by atoms with E-state index in [0.29, 0.717) is 5.41 Å². The Morgan fingerprint density at radius 1 is 1.45 bits per heavy atom. The molecule has 1 aliphatic carbocycles. The third-order valence-corrected chi connectivity index (χ3v) is 4.42. The summed E-state index contributed by atoms with van der Waals surface area (Å²) in [6, 6.07) is 0. The van der Waals surface area contributed by atoms with E-state index in [2.05, 4.69) is 6.92 Å². The minimum absolute atomic E-state index is 0.240. The number of hydrogen-bond acceptors (Lipinski definition) is 3. The second-order valence-electron chi connectivity index (χ2n) is 7.13. The van der Waals surface area contributed by atoms with Crippen molar-refractivity contribution < 1.29 is 14.6 Å². The Bertz CT molecular complexity index is 324. The highest BCUT2D eigenvalue weighted by Gasteiger charge is 2.51. The molecule has 2 atom stereocenters. The molecule has 1 aliphatic rings. The van der Waals surface area contributed by atoms with Gasteiger partial charge in [0.15, 0.2) is 0 Å². The molecule has 1 saturated carbocycles. The van der Waals surface area contributed by atoms with Crippen molar-refractivity contribution in [1.82, 2.24) is 4.90 Å². The van der Waals surface area contributed by atoms with E-state index in [9.17, 15) is 4.79 Å². The van der Waals surface area contributed by atoms with Crippen LogP contribution in [0.25, 0.3) is 0 Å². The highest BCUT2D eigenvalue weighted by molar-refractivity contribution is 5.67. The lowest BCUT2D eigenvalue weighted by Crippen LogP contribution is -2.35. The summed E-state index contributed by atoms with van der Waals surface area (Å²) in [7, 11) is 1.81. The van der Waals surface area contributed by atoms with E-state index >= 15 is 0 Å². The molecule has 0 aromatic heterocycles. The molecule has 0 spiro atoms. The number of aliphatic hydroxyl groups excluding tert-OH is 1. The monoisotopic (exact) mass is 285 g/mol. The fourth-order valence-electron chi connectivity index (χ4n) is 2.92. The van der Waals surface area contributed by atoms with Crippen LogP contribution in [-0.4, -0.2) is 41.9 Å². The molecule has 0 heterocycles. The molecule has 118 valence electrons. The van der Waals surface area contributed by atoms with Crippen LogP contribution in [0, 0.1) is 11.3 Å². The van der Waals surface area contributed by atoms with Crippen molar-refractivity contribution in [2.45, 2.75) is 65.4 Å². The summed E-state index contributed by atoms with van der Waals surface area (Å²) in [5.41, 5.74) is -0.0392. The van der Waals surface area contributed by atoms with E-state index in [0.717, 1.165) is 38.1 Å². The van der Waals surface area contributed by atoms with Crippen LogP contribution < -0.4 is 0 Å². The lowest BCUT2D eigenvalue weighted by atomic mass is 9.94. The first-order valence-corrected chi connectivity index (χ1v) is 7.79. The van der Waals surface area contributed by atoms with Crippen LogP contribution in [0.1, 0.15) is 59.8 Å². The van der Waals surface area contributed by atoms with E-state index in [-0.39, 0.29) is 12.7 Å². The molecular formula is C16H31NO3. The molecule has 4 nitrogen and oxygen atoms in total. The summed E-state index contributed by atoms with van der Waals surface area (Å²) in [5.74, 6) is 0.728. The standard InChI is InChI=1S/C16H31NO3/c1-6-16(12-13(16)8-7-11-18)9-10-17(5)14(19)20-15(2,3)4/h13,18H,6-12H2,1-5H3. The first-order valence-electron chi connectivity index (χ1n) is 7.79. The zero-order chi connectivity index (χ0) is 15.4. The van der Waals surface area contributed by atoms with Gasteiger partial charge < -0.3 is 14.7 Å². The quantitative estimate of drug-likeness (QED) is 0.779. The van der Waals surface area contributed by atoms with Crippen molar-refractivity contribution in [3.05, 3.63) is 0 Å². The largest absolute Gasteiger partial charge is 0.444 e. The molecule has 1 amide bonds. The highest BCUT2D eigenvalue weighted by Crippen LogP contribution is 2.59. The van der Waals surface area contributed by atoms with Gasteiger partial charge in [0.2, 0.25) is 0 Å². The number of hydrogen-bond donors (Lipinski definition) is 1. The molecule has 1 fully saturated rings. The summed E-state index contributed by atoms with van der Waals surface area (Å²) < 4.78 is 5.36. The van der Waals surface area contributed by atoms with Crippen LogP contribution in [0.5, 0.6) is 0 Å². The van der Waals surface area contributed by atoms with Gasteiger partial charge >= 0.3 is 6.09 Å². The summed E-state index contributed by atoms with van der Waals surface area (Å²) >= 11 is 0. The van der Waals surface area contributed by atoms with Crippen LogP contribution in [0.3, 0.4) is 0 Å². The van der Waals surface area contributed by atoms with Gasteiger partial charge in [-0.25, -0.2) is 4.79 Å². The Balaban J connectivity index is 2.36. The van der Waals surface area contributed by atoms with Crippen molar-refractivity contribution in [3.8, 4) is 0 Å². The molecule has 0 bridgehead atoms. The summed E-state index contributed by atoms with van der Waals surface area (Å²) in [4.78, 5) is 13.6. The predicted octanol–water partition coefficient (Wildman–Crippen LogP) is 3.43. The predicted molar refractivity (Wildman–Crippen MR) is 80.6 cm³/mol. The van der Waals surface area contributed by atoms with Gasteiger partial charge in [-0.15, -0.1) is 0 Å². The first kappa shape index (κ1) is 17.3. The third kappa shape index (κ3) is 4.97. The van der Waals surface area contributed by atoms with Gasteiger partial charge in [0.25, 0.3) is 0 Å². The van der Waals surface area contributed by atoms with Crippen LogP contribution >= 0.6 is 0 Å². The van der Waals surface area contributed by atoms with Crippen molar-refractivity contribution in [1.29, 1.82) is 0 Å². The second-order valence-corrected chi connectivity index (χ2v) is 7.13. The minimum Gasteiger partial charge on any atom is -0.444 e. The van der Waals surface area contributed by atoms with Crippen LogP contribution in [0.2, 0.25) is 0 Å². The summed E-state index contributed by atoms with van der Waals surface area (Å²) in [6.45, 7) is 8.92. The normalized spacial score (nSPS) is 25.4. The van der Waals surface area contributed by atoms with Crippen molar-refractivity contribution in [2.24, 2.45) is 11.3 Å². The molecule has 1 N–H and O–H groups in total. The fourth-order valence-corrected chi connectivity index (χ4v) is 2.92. The number of carbonyl (C=O) groups is 1. The Morgan fingerprint density at radius 2 is 2.10 bits per heavy atom. The maximum absolute atomic E-state index is 11.9. The van der Waals surface area contributed by atoms with Gasteiger partial charge in [-0.1, -0.05) is 13.3 Å². The van der Waals surface area contributed by atoms with Gasteiger partial charge in [0.05, 0.1) is 0 Å². The first-order chi connectivity index (χ1) is 9.24. The number of aliphatic hydroxyl groups is 1. The van der Waals surface area contributed by atoms with Crippen LogP contribution in [0.4, 0.5) is 4.79 Å². The van der Waals surface area contributed by atoms with E-state index in [1.54, 1.807) is 4.90 Å². The Labute approximate surface area is 123 Å². The summed E-state index contributed by atoms with van der Waals surface area (Å²) in [6.07, 6.45) is 5.21. The van der Waals surface area contributed by atoms with Crippen LogP contribution in [0.15, 0.2) is 0 Å². The van der Waals surface area contributed by atoms with Crippen molar-refractivity contribution in [2.75, 3.05) is 20.2 Å². The molecular weight excluding hydrogens is 254 g/mol. The average molecular weight is 285 g/mol. The van der Waals surface area contributed by atoms with E-state index in [1.807, 2.05) is 27.8 Å². The number of amides is 1. The van der Waals surface area contributed by atoms with Crippen molar-refractivity contribution in [3.63, 3.8) is 0 Å². The molecule has 1 rings (SSSR count). The molecule has 20 heavy (non-hydrogen) atoms. The summed E-state index contributed by atoms with van der Waals surface area (Å²) in [5, 5.41) is 8.92. The maximum atomic E-state index is 11.9. The number of nitrogens with zero attached hydrogens (tertiary/aromatic N) is 1. The van der Waals surface area contributed by atoms with E-state index in [1.165, 1.54) is 6.42 Å². The molecule has 0 aromatic carbocycles. The molecule has 4 heteroatoms. The molecule has 0 radical (unpaired) electrons. The highest BCUT2D eigenvalue weighted by atomic mass is 16.6. The topological polar surface area (TPSA) is 49.8 Å². The molecule has 0 saturated heterocycles. The fraction of sp³-hybridized carbons (Fsp3) is 0.938. The zero-order valence-corrected chi connectivity index (χ0v) is 13.7. The van der Waals surface area contributed by atoms with Crippen LogP contribution in [-0.2, 0) is 4.74 Å². The van der Waals surface area contributed by atoms with Crippen molar-refractivity contribution >= 4 is 6.09 Å². The smallest absolute Gasteiger partial charge is 0.410 e. The molecule has 0 aliphatic heterocycles. The van der Waals surface area contributed by atoms with Gasteiger partial charge in [0, 0.05) is 20.2 Å². The third-order valence-electron chi connectivity index (χ3n) is 4.42. The number of rotatable bonds is 7. The van der Waals surface area contributed by atoms with Gasteiger partial charge in [-0.2, -0.15) is 0 Å². The molecule has 2 unspecified atom stereocenters. The Kier molecular flexibility index (Phi) is 5.87. The molecule has 0 aromatic rings. The zero-order valence-electron chi connectivity index (χ0n) is 13.7. The lowest BCUT2D eigenvalue weighted by molar-refractivity contribution is 0.0286. The van der Waals surface area contributed by atoms with Gasteiger partial charge in [-0.05, 0) is 57.8 Å². The Hall–Kier alpha value is -0.770. The SMILES string of the molecule is CCC1(CCN(C)C(=O)OC(C)(C)C)CC1CCCO. The Morgan fingerprint density at radius 3 is 2.60 bits per heavy atom. The number of ether oxygens (including phenoxy) is 1. The minimum atomic E-state index is -0.434.